The van der Waals surface area contributed by atoms with E-state index >= 15 is 0 Å². The van der Waals surface area contributed by atoms with Crippen LogP contribution in [-0.2, 0) is 16.0 Å². The monoisotopic (exact) mass is 346 g/mol. The highest BCUT2D eigenvalue weighted by molar-refractivity contribution is 5.79. The minimum Gasteiger partial charge on any atom is -0.341 e. The number of rotatable bonds is 4. The van der Waals surface area contributed by atoms with Crippen molar-refractivity contribution in [2.45, 2.75) is 44.9 Å². The molecule has 1 saturated heterocycles. The molecule has 1 heterocycles. The third kappa shape index (κ3) is 5.03. The van der Waals surface area contributed by atoms with Crippen LogP contribution in [0.1, 0.15) is 44.1 Å². The number of nitrogens with zero attached hydrogens (tertiary/aromatic N) is 2. The molecule has 5 heteroatoms. The van der Waals surface area contributed by atoms with Crippen molar-refractivity contribution in [3.63, 3.8) is 0 Å². The summed E-state index contributed by atoms with van der Waals surface area (Å²) in [5.74, 6) is 0.575. The third-order valence-corrected chi connectivity index (χ3v) is 5.41. The summed E-state index contributed by atoms with van der Waals surface area (Å²) in [5.41, 5.74) is 0.824. The van der Waals surface area contributed by atoms with Gasteiger partial charge in [-0.15, -0.1) is 0 Å². The lowest BCUT2D eigenvalue weighted by Crippen LogP contribution is -2.38. The first kappa shape index (κ1) is 17.9. The first-order valence-electron chi connectivity index (χ1n) is 9.42. The summed E-state index contributed by atoms with van der Waals surface area (Å²) in [6.45, 7) is 2.65. The van der Waals surface area contributed by atoms with Crippen molar-refractivity contribution in [2.75, 3.05) is 26.2 Å². The molecule has 1 aromatic rings. The molecule has 1 saturated carbocycles. The first-order chi connectivity index (χ1) is 12.1. The third-order valence-electron chi connectivity index (χ3n) is 5.41. The van der Waals surface area contributed by atoms with Crippen molar-refractivity contribution >= 4 is 11.8 Å². The summed E-state index contributed by atoms with van der Waals surface area (Å²) in [7, 11) is 0. The topological polar surface area (TPSA) is 40.6 Å². The van der Waals surface area contributed by atoms with Gasteiger partial charge in [0.05, 0.1) is 6.42 Å². The van der Waals surface area contributed by atoms with Crippen LogP contribution < -0.4 is 0 Å². The molecule has 0 aromatic heterocycles. The Morgan fingerprint density at radius 3 is 2.12 bits per heavy atom. The molecule has 25 heavy (non-hydrogen) atoms. The van der Waals surface area contributed by atoms with Gasteiger partial charge < -0.3 is 9.80 Å². The number of hydrogen-bond donors (Lipinski definition) is 0. The summed E-state index contributed by atoms with van der Waals surface area (Å²) in [5, 5.41) is 0. The summed E-state index contributed by atoms with van der Waals surface area (Å²) >= 11 is 0. The molecular weight excluding hydrogens is 319 g/mol. The Morgan fingerprint density at radius 1 is 0.880 bits per heavy atom. The zero-order valence-corrected chi connectivity index (χ0v) is 14.8. The molecule has 4 nitrogen and oxygen atoms in total. The van der Waals surface area contributed by atoms with Crippen molar-refractivity contribution < 1.29 is 14.0 Å². The number of benzene rings is 1. The van der Waals surface area contributed by atoms with E-state index in [0.29, 0.717) is 32.0 Å². The fourth-order valence-corrected chi connectivity index (χ4v) is 3.90. The molecule has 1 aromatic carbocycles. The van der Waals surface area contributed by atoms with Crippen molar-refractivity contribution in [1.29, 1.82) is 0 Å². The van der Waals surface area contributed by atoms with Gasteiger partial charge in [-0.3, -0.25) is 9.59 Å². The minimum atomic E-state index is -0.289. The van der Waals surface area contributed by atoms with Crippen LogP contribution in [0.15, 0.2) is 24.3 Å². The quantitative estimate of drug-likeness (QED) is 0.841. The smallest absolute Gasteiger partial charge is 0.227 e. The zero-order valence-electron chi connectivity index (χ0n) is 14.8. The van der Waals surface area contributed by atoms with Gasteiger partial charge in [-0.25, -0.2) is 4.39 Å². The van der Waals surface area contributed by atoms with E-state index in [1.54, 1.807) is 12.1 Å². The van der Waals surface area contributed by atoms with Gasteiger partial charge in [0.15, 0.2) is 0 Å². The number of halogens is 1. The van der Waals surface area contributed by atoms with Crippen molar-refractivity contribution in [2.24, 2.45) is 5.92 Å². The van der Waals surface area contributed by atoms with Crippen LogP contribution in [0, 0.1) is 11.7 Å². The maximum atomic E-state index is 13.0. The van der Waals surface area contributed by atoms with Gasteiger partial charge in [0.2, 0.25) is 11.8 Å². The van der Waals surface area contributed by atoms with E-state index in [-0.39, 0.29) is 24.1 Å². The number of carbonyl (C=O) groups excluding carboxylic acids is 2. The highest BCUT2D eigenvalue weighted by Gasteiger charge is 2.25. The van der Waals surface area contributed by atoms with E-state index in [9.17, 15) is 14.0 Å². The normalized spacial score (nSPS) is 19.1. The Morgan fingerprint density at radius 2 is 1.48 bits per heavy atom. The fourth-order valence-electron chi connectivity index (χ4n) is 3.90. The van der Waals surface area contributed by atoms with Crippen LogP contribution >= 0.6 is 0 Å². The van der Waals surface area contributed by atoms with Gasteiger partial charge in [0, 0.05) is 32.6 Å². The van der Waals surface area contributed by atoms with Crippen molar-refractivity contribution in [3.8, 4) is 0 Å². The first-order valence-corrected chi connectivity index (χ1v) is 9.42. The van der Waals surface area contributed by atoms with E-state index in [0.717, 1.165) is 18.5 Å². The average molecular weight is 346 g/mol. The molecular formula is C20H27FN2O2. The van der Waals surface area contributed by atoms with E-state index in [4.69, 9.17) is 0 Å². The predicted molar refractivity (Wildman–Crippen MR) is 94.5 cm³/mol. The molecule has 136 valence electrons. The lowest BCUT2D eigenvalue weighted by Gasteiger charge is -2.23. The molecule has 1 aliphatic carbocycles. The molecule has 1 aliphatic heterocycles. The average Bonchev–Trinajstić information content (AvgIpc) is 2.98. The highest BCUT2D eigenvalue weighted by atomic mass is 19.1. The minimum absolute atomic E-state index is 0.0525. The van der Waals surface area contributed by atoms with Crippen LogP contribution in [0.25, 0.3) is 0 Å². The Kier molecular flexibility index (Phi) is 6.05. The van der Waals surface area contributed by atoms with Gasteiger partial charge in [-0.2, -0.15) is 0 Å². The number of hydrogen-bond acceptors (Lipinski definition) is 2. The summed E-state index contributed by atoms with van der Waals surface area (Å²) in [6.07, 6.45) is 6.66. The molecule has 0 spiro atoms. The lowest BCUT2D eigenvalue weighted by molar-refractivity contribution is -0.133. The van der Waals surface area contributed by atoms with Crippen LogP contribution in [0.3, 0.4) is 0 Å². The molecule has 2 aliphatic rings. The van der Waals surface area contributed by atoms with Crippen LogP contribution in [0.4, 0.5) is 4.39 Å². The second-order valence-corrected chi connectivity index (χ2v) is 7.27. The Hall–Kier alpha value is -1.91. The van der Waals surface area contributed by atoms with E-state index in [1.165, 1.54) is 37.8 Å². The van der Waals surface area contributed by atoms with Gasteiger partial charge >= 0.3 is 0 Å². The molecule has 0 atom stereocenters. The van der Waals surface area contributed by atoms with Gasteiger partial charge in [-0.05, 0) is 42.9 Å². The number of carbonyl (C=O) groups is 2. The lowest BCUT2D eigenvalue weighted by atomic mass is 10.0. The molecule has 0 N–H and O–H groups in total. The number of amides is 2. The Bertz CT molecular complexity index is 596. The molecule has 2 amide bonds. The molecule has 0 radical (unpaired) electrons. The Labute approximate surface area is 149 Å². The molecule has 0 unspecified atom stereocenters. The van der Waals surface area contributed by atoms with Gasteiger partial charge in [0.1, 0.15) is 5.82 Å². The highest BCUT2D eigenvalue weighted by Crippen LogP contribution is 2.28. The fraction of sp³-hybridized carbons (Fsp3) is 0.600. The van der Waals surface area contributed by atoms with Crippen molar-refractivity contribution in [1.82, 2.24) is 9.80 Å². The van der Waals surface area contributed by atoms with E-state index in [2.05, 4.69) is 0 Å². The predicted octanol–water partition coefficient (Wildman–Crippen LogP) is 3.01. The van der Waals surface area contributed by atoms with E-state index < -0.39 is 0 Å². The molecule has 3 rings (SSSR count). The largest absolute Gasteiger partial charge is 0.341 e. The maximum Gasteiger partial charge on any atom is 0.227 e. The van der Waals surface area contributed by atoms with Crippen LogP contribution in [0.2, 0.25) is 0 Å². The van der Waals surface area contributed by atoms with E-state index in [1.807, 2.05) is 9.80 Å². The zero-order chi connectivity index (χ0) is 17.6. The standard InChI is InChI=1S/C20H27FN2O2/c21-18-8-6-17(7-9-18)15-20(25)23-11-3-10-22(12-13-23)19(24)14-16-4-1-2-5-16/h6-9,16H,1-5,10-15H2. The van der Waals surface area contributed by atoms with Crippen LogP contribution in [0.5, 0.6) is 0 Å². The maximum absolute atomic E-state index is 13.0. The van der Waals surface area contributed by atoms with Crippen LogP contribution in [-0.4, -0.2) is 47.8 Å². The molecule has 0 bridgehead atoms. The second-order valence-electron chi connectivity index (χ2n) is 7.27. The van der Waals surface area contributed by atoms with Gasteiger partial charge in [-0.1, -0.05) is 25.0 Å². The summed E-state index contributed by atoms with van der Waals surface area (Å²) < 4.78 is 13.0. The second kappa shape index (κ2) is 8.45. The SMILES string of the molecule is O=C(Cc1ccc(F)cc1)N1CCCN(C(=O)CC2CCCC2)CC1. The van der Waals surface area contributed by atoms with Gasteiger partial charge in [0.25, 0.3) is 0 Å². The summed E-state index contributed by atoms with van der Waals surface area (Å²) in [4.78, 5) is 28.8. The molecule has 2 fully saturated rings. The Balaban J connectivity index is 1.49. The summed E-state index contributed by atoms with van der Waals surface area (Å²) in [6, 6.07) is 6.08. The van der Waals surface area contributed by atoms with Crippen molar-refractivity contribution in [3.05, 3.63) is 35.6 Å².